The Bertz CT molecular complexity index is 529. The molecule has 88 valence electrons. The minimum absolute atomic E-state index is 0.229. The van der Waals surface area contributed by atoms with E-state index < -0.39 is 5.82 Å². The minimum atomic E-state index is -0.398. The first-order valence-electron chi connectivity index (χ1n) is 5.22. The normalized spacial score (nSPS) is 10.1. The molecule has 0 spiro atoms. The Morgan fingerprint density at radius 2 is 2.06 bits per heavy atom. The maximum atomic E-state index is 13.4. The summed E-state index contributed by atoms with van der Waals surface area (Å²) in [5.74, 6) is 0.521. The topological polar surface area (TPSA) is 34.1 Å². The van der Waals surface area contributed by atoms with E-state index in [0.717, 1.165) is 5.56 Å². The zero-order valence-corrected chi connectivity index (χ0v) is 9.70. The Morgan fingerprint density at radius 1 is 1.24 bits per heavy atom. The van der Waals surface area contributed by atoms with Gasteiger partial charge in [-0.05, 0) is 36.8 Å². The number of methoxy groups -OCH3 is 1. The van der Waals surface area contributed by atoms with Crippen LogP contribution in [-0.4, -0.2) is 12.1 Å². The standard InChI is InChI=1S/C13H13FN2O/c1-9-5-6-15-13(7-9)16-10-3-4-12(17-2)11(14)8-10/h3-8H,1-2H3,(H,15,16). The fourth-order valence-electron chi connectivity index (χ4n) is 1.50. The van der Waals surface area contributed by atoms with Crippen LogP contribution in [0, 0.1) is 12.7 Å². The number of hydrogen-bond acceptors (Lipinski definition) is 3. The molecule has 1 aromatic carbocycles. The van der Waals surface area contributed by atoms with E-state index in [4.69, 9.17) is 4.74 Å². The van der Waals surface area contributed by atoms with Crippen LogP contribution in [0.3, 0.4) is 0 Å². The molecule has 0 saturated heterocycles. The highest BCUT2D eigenvalue weighted by molar-refractivity contribution is 5.57. The fraction of sp³-hybridized carbons (Fsp3) is 0.154. The highest BCUT2D eigenvalue weighted by Gasteiger charge is 2.03. The zero-order valence-electron chi connectivity index (χ0n) is 9.70. The van der Waals surface area contributed by atoms with Gasteiger partial charge in [-0.3, -0.25) is 0 Å². The first-order valence-corrected chi connectivity index (χ1v) is 5.22. The van der Waals surface area contributed by atoms with E-state index in [1.54, 1.807) is 18.3 Å². The molecule has 3 nitrogen and oxygen atoms in total. The van der Waals surface area contributed by atoms with Gasteiger partial charge in [0.2, 0.25) is 0 Å². The second-order valence-electron chi connectivity index (χ2n) is 3.69. The van der Waals surface area contributed by atoms with E-state index in [1.165, 1.54) is 13.2 Å². The number of aryl methyl sites for hydroxylation is 1. The maximum Gasteiger partial charge on any atom is 0.167 e. The van der Waals surface area contributed by atoms with Crippen LogP contribution in [-0.2, 0) is 0 Å². The predicted octanol–water partition coefficient (Wildman–Crippen LogP) is 3.28. The molecule has 2 rings (SSSR count). The molecule has 0 atom stereocenters. The number of ether oxygens (including phenoxy) is 1. The molecule has 0 aliphatic carbocycles. The van der Waals surface area contributed by atoms with Gasteiger partial charge in [-0.15, -0.1) is 0 Å². The Morgan fingerprint density at radius 3 is 2.71 bits per heavy atom. The Hall–Kier alpha value is -2.10. The van der Waals surface area contributed by atoms with Crippen LogP contribution in [0.25, 0.3) is 0 Å². The monoisotopic (exact) mass is 232 g/mol. The van der Waals surface area contributed by atoms with Gasteiger partial charge in [-0.1, -0.05) is 0 Å². The number of halogens is 1. The Labute approximate surface area is 99.3 Å². The molecule has 0 fully saturated rings. The third-order valence-electron chi connectivity index (χ3n) is 2.34. The van der Waals surface area contributed by atoms with Crippen LogP contribution in [0.1, 0.15) is 5.56 Å². The van der Waals surface area contributed by atoms with Crippen LogP contribution >= 0.6 is 0 Å². The number of aromatic nitrogens is 1. The zero-order chi connectivity index (χ0) is 12.3. The van der Waals surface area contributed by atoms with Gasteiger partial charge in [0.05, 0.1) is 7.11 Å². The lowest BCUT2D eigenvalue weighted by atomic mass is 10.2. The number of hydrogen-bond donors (Lipinski definition) is 1. The summed E-state index contributed by atoms with van der Waals surface area (Å²) in [4.78, 5) is 4.14. The van der Waals surface area contributed by atoms with E-state index >= 15 is 0 Å². The van der Waals surface area contributed by atoms with E-state index in [1.807, 2.05) is 19.1 Å². The molecule has 0 aliphatic rings. The average Bonchev–Trinajstić information content (AvgIpc) is 2.29. The van der Waals surface area contributed by atoms with Crippen LogP contribution < -0.4 is 10.1 Å². The van der Waals surface area contributed by atoms with Gasteiger partial charge in [-0.25, -0.2) is 9.37 Å². The minimum Gasteiger partial charge on any atom is -0.494 e. The SMILES string of the molecule is COc1ccc(Nc2cc(C)ccn2)cc1F. The lowest BCUT2D eigenvalue weighted by molar-refractivity contribution is 0.386. The van der Waals surface area contributed by atoms with Crippen LogP contribution in [0.5, 0.6) is 5.75 Å². The van der Waals surface area contributed by atoms with Gasteiger partial charge >= 0.3 is 0 Å². The molecule has 1 aromatic heterocycles. The first kappa shape index (κ1) is 11.4. The largest absolute Gasteiger partial charge is 0.494 e. The first-order chi connectivity index (χ1) is 8.19. The van der Waals surface area contributed by atoms with Crippen molar-refractivity contribution in [3.8, 4) is 5.75 Å². The molecule has 1 N–H and O–H groups in total. The van der Waals surface area contributed by atoms with Gasteiger partial charge in [0.1, 0.15) is 5.82 Å². The van der Waals surface area contributed by atoms with E-state index in [0.29, 0.717) is 11.5 Å². The summed E-state index contributed by atoms with van der Waals surface area (Å²) >= 11 is 0. The van der Waals surface area contributed by atoms with Crippen molar-refractivity contribution in [2.24, 2.45) is 0 Å². The molecule has 0 saturated carbocycles. The smallest absolute Gasteiger partial charge is 0.167 e. The van der Waals surface area contributed by atoms with Crippen molar-refractivity contribution in [3.63, 3.8) is 0 Å². The van der Waals surface area contributed by atoms with E-state index in [9.17, 15) is 4.39 Å². The van der Waals surface area contributed by atoms with Gasteiger partial charge in [0.25, 0.3) is 0 Å². The van der Waals surface area contributed by atoms with Crippen LogP contribution in [0.2, 0.25) is 0 Å². The van der Waals surface area contributed by atoms with Gasteiger partial charge < -0.3 is 10.1 Å². The average molecular weight is 232 g/mol. The second kappa shape index (κ2) is 4.82. The van der Waals surface area contributed by atoms with Gasteiger partial charge in [-0.2, -0.15) is 0 Å². The molecule has 0 radical (unpaired) electrons. The van der Waals surface area contributed by atoms with Crippen molar-refractivity contribution >= 4 is 11.5 Å². The summed E-state index contributed by atoms with van der Waals surface area (Å²) in [5.41, 5.74) is 1.73. The number of pyridine rings is 1. The molecule has 1 heterocycles. The molecule has 0 amide bonds. The summed E-state index contributed by atoms with van der Waals surface area (Å²) in [6.45, 7) is 1.97. The number of benzene rings is 1. The third kappa shape index (κ3) is 2.72. The molecule has 0 unspecified atom stereocenters. The summed E-state index contributed by atoms with van der Waals surface area (Å²) in [6, 6.07) is 8.49. The molecule has 17 heavy (non-hydrogen) atoms. The molecule has 0 aliphatic heterocycles. The van der Waals surface area contributed by atoms with E-state index in [2.05, 4.69) is 10.3 Å². The van der Waals surface area contributed by atoms with Crippen LogP contribution in [0.15, 0.2) is 36.5 Å². The lowest BCUT2D eigenvalue weighted by Gasteiger charge is -2.08. The van der Waals surface area contributed by atoms with Crippen molar-refractivity contribution < 1.29 is 9.13 Å². The summed E-state index contributed by atoms with van der Waals surface area (Å²) < 4.78 is 18.3. The Kier molecular flexibility index (Phi) is 3.23. The Balaban J connectivity index is 2.22. The predicted molar refractivity (Wildman–Crippen MR) is 65.2 cm³/mol. The van der Waals surface area contributed by atoms with Crippen molar-refractivity contribution in [1.82, 2.24) is 4.98 Å². The van der Waals surface area contributed by atoms with E-state index in [-0.39, 0.29) is 5.75 Å². The van der Waals surface area contributed by atoms with Crippen molar-refractivity contribution in [3.05, 3.63) is 47.9 Å². The summed E-state index contributed by atoms with van der Waals surface area (Å²) in [7, 11) is 1.44. The summed E-state index contributed by atoms with van der Waals surface area (Å²) in [6.07, 6.45) is 1.71. The quantitative estimate of drug-likeness (QED) is 0.881. The number of nitrogens with zero attached hydrogens (tertiary/aromatic N) is 1. The third-order valence-corrected chi connectivity index (χ3v) is 2.34. The number of rotatable bonds is 3. The van der Waals surface area contributed by atoms with Crippen LogP contribution in [0.4, 0.5) is 15.9 Å². The highest BCUT2D eigenvalue weighted by atomic mass is 19.1. The van der Waals surface area contributed by atoms with Crippen molar-refractivity contribution in [2.45, 2.75) is 6.92 Å². The van der Waals surface area contributed by atoms with Gasteiger partial charge in [0, 0.05) is 18.0 Å². The molecule has 4 heteroatoms. The molecule has 0 bridgehead atoms. The summed E-state index contributed by atoms with van der Waals surface area (Å²) in [5, 5.41) is 3.03. The molecular formula is C13H13FN2O. The number of anilines is 2. The maximum absolute atomic E-state index is 13.4. The molecule has 2 aromatic rings. The molecular weight excluding hydrogens is 219 g/mol. The highest BCUT2D eigenvalue weighted by Crippen LogP contribution is 2.22. The lowest BCUT2D eigenvalue weighted by Crippen LogP contribution is -1.95. The number of nitrogens with one attached hydrogen (secondary N) is 1. The van der Waals surface area contributed by atoms with Crippen molar-refractivity contribution in [2.75, 3.05) is 12.4 Å². The fourth-order valence-corrected chi connectivity index (χ4v) is 1.50. The second-order valence-corrected chi connectivity index (χ2v) is 3.69. The van der Waals surface area contributed by atoms with Gasteiger partial charge in [0.15, 0.2) is 11.6 Å². The van der Waals surface area contributed by atoms with Crippen molar-refractivity contribution in [1.29, 1.82) is 0 Å².